The molecule has 0 spiro atoms. The van der Waals surface area contributed by atoms with Crippen molar-refractivity contribution >= 4 is 23.4 Å². The molecule has 0 aromatic carbocycles. The van der Waals surface area contributed by atoms with Crippen molar-refractivity contribution in [2.75, 3.05) is 12.3 Å². The molecule has 1 heterocycles. The van der Waals surface area contributed by atoms with Crippen LogP contribution in [-0.2, 0) is 0 Å². The van der Waals surface area contributed by atoms with Crippen LogP contribution in [0.4, 0.5) is 0 Å². The molecule has 0 unspecified atom stereocenters. The minimum atomic E-state index is 0.217. The van der Waals surface area contributed by atoms with Crippen molar-refractivity contribution < 1.29 is 0 Å². The molecule has 16 heavy (non-hydrogen) atoms. The fourth-order valence-electron chi connectivity index (χ4n) is 1.14. The Morgan fingerprint density at radius 2 is 2.25 bits per heavy atom. The molecule has 0 aliphatic rings. The van der Waals surface area contributed by atoms with Crippen molar-refractivity contribution in [3.63, 3.8) is 0 Å². The van der Waals surface area contributed by atoms with Gasteiger partial charge in [0.05, 0.1) is 5.02 Å². The molecule has 1 aromatic heterocycles. The summed E-state index contributed by atoms with van der Waals surface area (Å²) in [6, 6.07) is 3.73. The molecule has 1 rings (SSSR count). The highest BCUT2D eigenvalue weighted by Gasteiger charge is 2.12. The predicted octanol–water partition coefficient (Wildman–Crippen LogP) is 3.61. The lowest BCUT2D eigenvalue weighted by Crippen LogP contribution is -2.39. The molecular weight excluding hydrogens is 240 g/mol. The van der Waals surface area contributed by atoms with Crippen molar-refractivity contribution in [3.05, 3.63) is 23.4 Å². The summed E-state index contributed by atoms with van der Waals surface area (Å²) in [6.07, 6.45) is 2.90. The lowest BCUT2D eigenvalue weighted by molar-refractivity contribution is 0.388. The van der Waals surface area contributed by atoms with Crippen LogP contribution >= 0.6 is 23.4 Å². The number of thioether (sulfide) groups is 1. The number of hydrogen-bond acceptors (Lipinski definition) is 3. The summed E-state index contributed by atoms with van der Waals surface area (Å²) in [5.74, 6) is 0.986. The van der Waals surface area contributed by atoms with Crippen LogP contribution < -0.4 is 5.32 Å². The van der Waals surface area contributed by atoms with Crippen molar-refractivity contribution in [2.45, 2.75) is 37.8 Å². The van der Waals surface area contributed by atoms with Gasteiger partial charge in [0.15, 0.2) is 0 Å². The van der Waals surface area contributed by atoms with Gasteiger partial charge >= 0.3 is 0 Å². The van der Waals surface area contributed by atoms with Crippen LogP contribution in [0, 0.1) is 0 Å². The van der Waals surface area contributed by atoms with Crippen LogP contribution in [0.2, 0.25) is 5.02 Å². The van der Waals surface area contributed by atoms with E-state index in [-0.39, 0.29) is 5.54 Å². The molecular formula is C12H19ClN2S. The first kappa shape index (κ1) is 13.8. The Bertz CT molecular complexity index is 329. The fourth-order valence-corrected chi connectivity index (χ4v) is 2.16. The molecule has 0 amide bonds. The topological polar surface area (TPSA) is 24.9 Å². The Labute approximate surface area is 107 Å². The van der Waals surface area contributed by atoms with Gasteiger partial charge in [0.1, 0.15) is 5.03 Å². The summed E-state index contributed by atoms with van der Waals surface area (Å²) in [7, 11) is 0. The number of halogens is 1. The highest BCUT2D eigenvalue weighted by molar-refractivity contribution is 7.99. The zero-order chi connectivity index (χ0) is 12.0. The fraction of sp³-hybridized carbons (Fsp3) is 0.583. The first-order chi connectivity index (χ1) is 7.55. The maximum Gasteiger partial charge on any atom is 0.115 e. The largest absolute Gasteiger partial charge is 0.311 e. The monoisotopic (exact) mass is 258 g/mol. The van der Waals surface area contributed by atoms with E-state index in [1.54, 1.807) is 18.0 Å². The van der Waals surface area contributed by atoms with E-state index < -0.39 is 0 Å². The van der Waals surface area contributed by atoms with Crippen molar-refractivity contribution in [1.82, 2.24) is 10.3 Å². The minimum Gasteiger partial charge on any atom is -0.311 e. The van der Waals surface area contributed by atoms with Gasteiger partial charge in [0.2, 0.25) is 0 Å². The molecule has 4 heteroatoms. The van der Waals surface area contributed by atoms with Gasteiger partial charge in [-0.25, -0.2) is 4.98 Å². The van der Waals surface area contributed by atoms with Crippen LogP contribution in [0.1, 0.15) is 27.2 Å². The molecule has 1 aromatic rings. The van der Waals surface area contributed by atoms with E-state index in [2.05, 4.69) is 31.1 Å². The molecule has 0 saturated carbocycles. The molecule has 0 bridgehead atoms. The third-order valence-corrected chi connectivity index (χ3v) is 3.98. The Morgan fingerprint density at radius 1 is 1.50 bits per heavy atom. The third kappa shape index (κ3) is 4.73. The average Bonchev–Trinajstić information content (AvgIpc) is 2.27. The SMILES string of the molecule is CCC(C)(C)NCCSc1ncccc1Cl. The maximum absolute atomic E-state index is 6.02. The van der Waals surface area contributed by atoms with Gasteiger partial charge in [-0.15, -0.1) is 11.8 Å². The second-order valence-corrected chi connectivity index (χ2v) is 5.79. The van der Waals surface area contributed by atoms with Gasteiger partial charge in [-0.1, -0.05) is 18.5 Å². The van der Waals surface area contributed by atoms with Gasteiger partial charge < -0.3 is 5.32 Å². The van der Waals surface area contributed by atoms with Gasteiger partial charge in [0, 0.05) is 24.0 Å². The normalized spacial score (nSPS) is 11.8. The lowest BCUT2D eigenvalue weighted by Gasteiger charge is -2.24. The molecule has 0 aliphatic carbocycles. The Kier molecular flexibility index (Phi) is 5.59. The van der Waals surface area contributed by atoms with Crippen LogP contribution in [0.3, 0.4) is 0 Å². The quantitative estimate of drug-likeness (QED) is 0.623. The zero-order valence-electron chi connectivity index (χ0n) is 10.1. The van der Waals surface area contributed by atoms with Crippen molar-refractivity contribution in [2.24, 2.45) is 0 Å². The number of hydrogen-bond donors (Lipinski definition) is 1. The molecule has 0 fully saturated rings. The van der Waals surface area contributed by atoms with Gasteiger partial charge in [-0.3, -0.25) is 0 Å². The van der Waals surface area contributed by atoms with E-state index in [9.17, 15) is 0 Å². The van der Waals surface area contributed by atoms with E-state index in [1.165, 1.54) is 0 Å². The van der Waals surface area contributed by atoms with Crippen LogP contribution in [0.5, 0.6) is 0 Å². The molecule has 0 radical (unpaired) electrons. The predicted molar refractivity (Wildman–Crippen MR) is 72.3 cm³/mol. The molecule has 0 saturated heterocycles. The molecule has 0 atom stereocenters. The van der Waals surface area contributed by atoms with Gasteiger partial charge in [-0.05, 0) is 32.4 Å². The lowest BCUT2D eigenvalue weighted by atomic mass is 10.0. The minimum absolute atomic E-state index is 0.217. The number of aromatic nitrogens is 1. The van der Waals surface area contributed by atoms with Crippen LogP contribution in [-0.4, -0.2) is 22.8 Å². The first-order valence-electron chi connectivity index (χ1n) is 5.53. The molecule has 90 valence electrons. The van der Waals surface area contributed by atoms with E-state index in [0.29, 0.717) is 0 Å². The average molecular weight is 259 g/mol. The summed E-state index contributed by atoms with van der Waals surface area (Å²) in [5, 5.41) is 5.16. The molecule has 2 nitrogen and oxygen atoms in total. The molecule has 0 aliphatic heterocycles. The van der Waals surface area contributed by atoms with Crippen LogP contribution in [0.15, 0.2) is 23.4 Å². The van der Waals surface area contributed by atoms with Crippen molar-refractivity contribution in [3.8, 4) is 0 Å². The summed E-state index contributed by atoms with van der Waals surface area (Å²) in [6.45, 7) is 7.59. The van der Waals surface area contributed by atoms with Gasteiger partial charge in [0.25, 0.3) is 0 Å². The maximum atomic E-state index is 6.02. The zero-order valence-corrected chi connectivity index (χ0v) is 11.7. The van der Waals surface area contributed by atoms with E-state index in [1.807, 2.05) is 12.1 Å². The van der Waals surface area contributed by atoms with Crippen LogP contribution in [0.25, 0.3) is 0 Å². The Balaban J connectivity index is 2.29. The Hall–Kier alpha value is -0.250. The summed E-state index contributed by atoms with van der Waals surface area (Å²) < 4.78 is 0. The third-order valence-electron chi connectivity index (χ3n) is 2.55. The highest BCUT2D eigenvalue weighted by Crippen LogP contribution is 2.23. The standard InChI is InChI=1S/C12H19ClN2S/c1-4-12(2,3)15-8-9-16-11-10(13)6-5-7-14-11/h5-7,15H,4,8-9H2,1-3H3. The first-order valence-corrected chi connectivity index (χ1v) is 6.90. The summed E-state index contributed by atoms with van der Waals surface area (Å²) in [5.41, 5.74) is 0.217. The summed E-state index contributed by atoms with van der Waals surface area (Å²) in [4.78, 5) is 4.24. The smallest absolute Gasteiger partial charge is 0.115 e. The van der Waals surface area contributed by atoms with E-state index in [0.717, 1.165) is 28.8 Å². The highest BCUT2D eigenvalue weighted by atomic mass is 35.5. The second-order valence-electron chi connectivity index (χ2n) is 4.30. The number of nitrogens with one attached hydrogen (secondary N) is 1. The van der Waals surface area contributed by atoms with E-state index in [4.69, 9.17) is 11.6 Å². The van der Waals surface area contributed by atoms with Crippen molar-refractivity contribution in [1.29, 1.82) is 0 Å². The summed E-state index contributed by atoms with van der Waals surface area (Å²) >= 11 is 7.71. The Morgan fingerprint density at radius 3 is 2.88 bits per heavy atom. The number of pyridine rings is 1. The number of nitrogens with zero attached hydrogens (tertiary/aromatic N) is 1. The second kappa shape index (κ2) is 6.48. The van der Waals surface area contributed by atoms with Gasteiger partial charge in [-0.2, -0.15) is 0 Å². The molecule has 1 N–H and O–H groups in total. The van der Waals surface area contributed by atoms with E-state index >= 15 is 0 Å². The number of rotatable bonds is 6.